The van der Waals surface area contributed by atoms with Gasteiger partial charge < -0.3 is 10.0 Å². The van der Waals surface area contributed by atoms with Crippen LogP contribution < -0.4 is 4.90 Å². The molecule has 0 amide bonds. The summed E-state index contributed by atoms with van der Waals surface area (Å²) in [4.78, 5) is 13.2. The van der Waals surface area contributed by atoms with Crippen LogP contribution in [0.25, 0.3) is 0 Å². The Hall–Kier alpha value is -2.29. The summed E-state index contributed by atoms with van der Waals surface area (Å²) in [6.07, 6.45) is 1.11. The Morgan fingerprint density at radius 3 is 2.40 bits per heavy atom. The van der Waals surface area contributed by atoms with Gasteiger partial charge in [0.05, 0.1) is 5.56 Å². The minimum atomic E-state index is -0.867. The van der Waals surface area contributed by atoms with Crippen molar-refractivity contribution >= 4 is 11.7 Å². The fourth-order valence-corrected chi connectivity index (χ4v) is 2.80. The maximum Gasteiger partial charge on any atom is 0.335 e. The lowest BCUT2D eigenvalue weighted by molar-refractivity contribution is 0.0697. The fraction of sp³-hybridized carbons (Fsp3) is 0.235. The Labute approximate surface area is 118 Å². The van der Waals surface area contributed by atoms with E-state index in [2.05, 4.69) is 29.2 Å². The smallest absolute Gasteiger partial charge is 0.335 e. The van der Waals surface area contributed by atoms with Crippen LogP contribution in [-0.2, 0) is 0 Å². The summed E-state index contributed by atoms with van der Waals surface area (Å²) >= 11 is 0. The minimum absolute atomic E-state index is 0.353. The van der Waals surface area contributed by atoms with Crippen LogP contribution in [0.3, 0.4) is 0 Å². The van der Waals surface area contributed by atoms with Gasteiger partial charge >= 0.3 is 5.97 Å². The van der Waals surface area contributed by atoms with Gasteiger partial charge in [0.1, 0.15) is 0 Å². The molecule has 0 bridgehead atoms. The zero-order valence-corrected chi connectivity index (χ0v) is 11.2. The monoisotopic (exact) mass is 267 g/mol. The predicted molar refractivity (Wildman–Crippen MR) is 79.4 cm³/mol. The largest absolute Gasteiger partial charge is 0.478 e. The number of nitrogens with zero attached hydrogens (tertiary/aromatic N) is 1. The van der Waals surface area contributed by atoms with Crippen LogP contribution in [0.1, 0.15) is 28.3 Å². The molecule has 1 aliphatic heterocycles. The van der Waals surface area contributed by atoms with Gasteiger partial charge in [-0.25, -0.2) is 4.79 Å². The van der Waals surface area contributed by atoms with Gasteiger partial charge in [-0.1, -0.05) is 30.3 Å². The van der Waals surface area contributed by atoms with Gasteiger partial charge in [0.25, 0.3) is 0 Å². The van der Waals surface area contributed by atoms with E-state index >= 15 is 0 Å². The van der Waals surface area contributed by atoms with E-state index in [0.29, 0.717) is 11.5 Å². The van der Waals surface area contributed by atoms with Crippen LogP contribution in [0.2, 0.25) is 0 Å². The number of hydrogen-bond donors (Lipinski definition) is 1. The van der Waals surface area contributed by atoms with Gasteiger partial charge in [-0.05, 0) is 36.2 Å². The topological polar surface area (TPSA) is 40.5 Å². The number of aromatic carboxylic acids is 1. The van der Waals surface area contributed by atoms with E-state index in [4.69, 9.17) is 5.11 Å². The quantitative estimate of drug-likeness (QED) is 0.926. The van der Waals surface area contributed by atoms with Crippen LogP contribution in [0.4, 0.5) is 5.69 Å². The molecule has 2 aromatic rings. The molecule has 3 rings (SSSR count). The van der Waals surface area contributed by atoms with Crippen molar-refractivity contribution < 1.29 is 9.90 Å². The normalized spacial score (nSPS) is 18.2. The molecule has 0 spiro atoms. The van der Waals surface area contributed by atoms with Crippen molar-refractivity contribution in [3.63, 3.8) is 0 Å². The number of carbonyl (C=O) groups is 1. The minimum Gasteiger partial charge on any atom is -0.478 e. The van der Waals surface area contributed by atoms with Crippen LogP contribution in [0, 0.1) is 0 Å². The highest BCUT2D eigenvalue weighted by molar-refractivity contribution is 5.87. The third-order valence-corrected chi connectivity index (χ3v) is 3.94. The van der Waals surface area contributed by atoms with Crippen molar-refractivity contribution in [1.29, 1.82) is 0 Å². The average molecular weight is 267 g/mol. The Morgan fingerprint density at radius 1 is 1.05 bits per heavy atom. The predicted octanol–water partition coefficient (Wildman–Crippen LogP) is 3.38. The fourth-order valence-electron chi connectivity index (χ4n) is 2.80. The molecule has 1 atom stereocenters. The lowest BCUT2D eigenvalue weighted by Crippen LogP contribution is -2.18. The molecular weight excluding hydrogens is 250 g/mol. The van der Waals surface area contributed by atoms with E-state index in [1.807, 2.05) is 18.2 Å². The van der Waals surface area contributed by atoms with Gasteiger partial charge in [0, 0.05) is 24.7 Å². The highest BCUT2D eigenvalue weighted by Crippen LogP contribution is 2.30. The average Bonchev–Trinajstić information content (AvgIpc) is 2.98. The van der Waals surface area contributed by atoms with Crippen LogP contribution in [0.5, 0.6) is 0 Å². The Morgan fingerprint density at radius 2 is 1.75 bits per heavy atom. The number of rotatable bonds is 3. The number of hydrogen-bond acceptors (Lipinski definition) is 2. The highest BCUT2D eigenvalue weighted by Gasteiger charge is 2.23. The van der Waals surface area contributed by atoms with Crippen molar-refractivity contribution in [2.45, 2.75) is 12.3 Å². The maximum atomic E-state index is 10.9. The summed E-state index contributed by atoms with van der Waals surface area (Å²) in [5.41, 5.74) is 2.84. The van der Waals surface area contributed by atoms with Gasteiger partial charge in [-0.2, -0.15) is 0 Å². The SMILES string of the molecule is O=C(O)c1ccc(C2CCN(c3ccccc3)C2)cc1. The molecule has 1 N–H and O–H groups in total. The van der Waals surface area contributed by atoms with Crippen molar-refractivity contribution in [2.24, 2.45) is 0 Å². The van der Waals surface area contributed by atoms with Gasteiger partial charge in [-0.15, -0.1) is 0 Å². The maximum absolute atomic E-state index is 10.9. The third kappa shape index (κ3) is 2.52. The molecular formula is C17H17NO2. The van der Waals surface area contributed by atoms with Crippen LogP contribution in [-0.4, -0.2) is 24.2 Å². The van der Waals surface area contributed by atoms with E-state index < -0.39 is 5.97 Å². The molecule has 1 heterocycles. The van der Waals surface area contributed by atoms with E-state index in [1.165, 1.54) is 11.3 Å². The summed E-state index contributed by atoms with van der Waals surface area (Å²) in [5, 5.41) is 8.92. The summed E-state index contributed by atoms with van der Waals surface area (Å²) in [6.45, 7) is 2.05. The Bertz CT molecular complexity index is 592. The molecule has 1 fully saturated rings. The first kappa shape index (κ1) is 12.7. The third-order valence-electron chi connectivity index (χ3n) is 3.94. The van der Waals surface area contributed by atoms with Gasteiger partial charge in [0.2, 0.25) is 0 Å². The molecule has 1 aliphatic rings. The number of benzene rings is 2. The number of anilines is 1. The Kier molecular flexibility index (Phi) is 3.42. The van der Waals surface area contributed by atoms with Crippen molar-refractivity contribution in [2.75, 3.05) is 18.0 Å². The summed E-state index contributed by atoms with van der Waals surface area (Å²) in [7, 11) is 0. The lowest BCUT2D eigenvalue weighted by atomic mass is 9.97. The van der Waals surface area contributed by atoms with E-state index in [1.54, 1.807) is 12.1 Å². The standard InChI is InChI=1S/C17H17NO2/c19-17(20)14-8-6-13(7-9-14)15-10-11-18(12-15)16-4-2-1-3-5-16/h1-9,15H,10-12H2,(H,19,20). The molecule has 3 nitrogen and oxygen atoms in total. The number of para-hydroxylation sites is 1. The van der Waals surface area contributed by atoms with E-state index in [0.717, 1.165) is 19.5 Å². The molecule has 1 saturated heterocycles. The Balaban J connectivity index is 1.72. The first-order chi connectivity index (χ1) is 9.74. The highest BCUT2D eigenvalue weighted by atomic mass is 16.4. The second-order valence-corrected chi connectivity index (χ2v) is 5.19. The summed E-state index contributed by atoms with van der Waals surface area (Å²) < 4.78 is 0. The van der Waals surface area contributed by atoms with E-state index in [-0.39, 0.29) is 0 Å². The molecule has 20 heavy (non-hydrogen) atoms. The zero-order chi connectivity index (χ0) is 13.9. The first-order valence-corrected chi connectivity index (χ1v) is 6.87. The van der Waals surface area contributed by atoms with Crippen LogP contribution in [0.15, 0.2) is 54.6 Å². The molecule has 0 aromatic heterocycles. The van der Waals surface area contributed by atoms with E-state index in [9.17, 15) is 4.79 Å². The van der Waals surface area contributed by atoms with Crippen molar-refractivity contribution in [3.8, 4) is 0 Å². The first-order valence-electron chi connectivity index (χ1n) is 6.87. The van der Waals surface area contributed by atoms with Crippen LogP contribution >= 0.6 is 0 Å². The lowest BCUT2D eigenvalue weighted by Gasteiger charge is -2.18. The molecule has 2 aromatic carbocycles. The summed E-state index contributed by atoms with van der Waals surface area (Å²) in [5.74, 6) is -0.382. The molecule has 0 radical (unpaired) electrons. The molecule has 3 heteroatoms. The molecule has 102 valence electrons. The second-order valence-electron chi connectivity index (χ2n) is 5.19. The van der Waals surface area contributed by atoms with Crippen molar-refractivity contribution in [3.05, 3.63) is 65.7 Å². The summed E-state index contributed by atoms with van der Waals surface area (Å²) in [6, 6.07) is 17.7. The number of carboxylic acids is 1. The molecule has 0 aliphatic carbocycles. The molecule has 1 unspecified atom stereocenters. The molecule has 0 saturated carbocycles. The van der Waals surface area contributed by atoms with Crippen molar-refractivity contribution in [1.82, 2.24) is 0 Å². The van der Waals surface area contributed by atoms with Gasteiger partial charge in [-0.3, -0.25) is 0 Å². The van der Waals surface area contributed by atoms with Gasteiger partial charge in [0.15, 0.2) is 0 Å². The second kappa shape index (κ2) is 5.37. The zero-order valence-electron chi connectivity index (χ0n) is 11.2. The number of carboxylic acid groups (broad SMARTS) is 1.